The van der Waals surface area contributed by atoms with Crippen LogP contribution in [-0.2, 0) is 6.54 Å². The topological polar surface area (TPSA) is 30.7 Å². The van der Waals surface area contributed by atoms with Crippen LogP contribution in [0.25, 0.3) is 0 Å². The van der Waals surface area contributed by atoms with Gasteiger partial charge in [0.05, 0.1) is 0 Å². The molecule has 1 aromatic heterocycles. The van der Waals surface area contributed by atoms with E-state index in [2.05, 4.69) is 10.2 Å². The molecular formula is C7H10ClN3S. The van der Waals surface area contributed by atoms with Gasteiger partial charge in [-0.15, -0.1) is 10.2 Å². The lowest BCUT2D eigenvalue weighted by Crippen LogP contribution is -2.09. The second kappa shape index (κ2) is 3.66. The van der Waals surface area contributed by atoms with E-state index in [4.69, 9.17) is 11.6 Å². The van der Waals surface area contributed by atoms with Crippen molar-refractivity contribution >= 4 is 23.4 Å². The Bertz CT molecular complexity index is 257. The van der Waals surface area contributed by atoms with Gasteiger partial charge < -0.3 is 4.57 Å². The molecule has 2 heterocycles. The Labute approximate surface area is 80.5 Å². The molecule has 1 unspecified atom stereocenters. The van der Waals surface area contributed by atoms with Gasteiger partial charge in [0.2, 0.25) is 5.28 Å². The van der Waals surface area contributed by atoms with Crippen LogP contribution in [0, 0.1) is 5.92 Å². The molecule has 66 valence electrons. The van der Waals surface area contributed by atoms with Gasteiger partial charge in [-0.3, -0.25) is 0 Å². The Kier molecular flexibility index (Phi) is 2.56. The van der Waals surface area contributed by atoms with E-state index in [0.717, 1.165) is 12.5 Å². The molecule has 1 fully saturated rings. The third-order valence-corrected chi connectivity index (χ3v) is 3.57. The Hall–Kier alpha value is -0.220. The molecule has 1 aromatic rings. The highest BCUT2D eigenvalue weighted by atomic mass is 35.5. The van der Waals surface area contributed by atoms with E-state index in [9.17, 15) is 0 Å². The third-order valence-electron chi connectivity index (χ3n) is 2.05. The van der Waals surface area contributed by atoms with Crippen LogP contribution in [0.2, 0.25) is 5.28 Å². The summed E-state index contributed by atoms with van der Waals surface area (Å²) >= 11 is 7.81. The van der Waals surface area contributed by atoms with Crippen molar-refractivity contribution in [3.63, 3.8) is 0 Å². The highest BCUT2D eigenvalue weighted by Gasteiger charge is 2.16. The monoisotopic (exact) mass is 203 g/mol. The van der Waals surface area contributed by atoms with Gasteiger partial charge in [0.15, 0.2) is 0 Å². The molecule has 5 heteroatoms. The molecule has 3 nitrogen and oxygen atoms in total. The van der Waals surface area contributed by atoms with E-state index in [0.29, 0.717) is 5.28 Å². The van der Waals surface area contributed by atoms with E-state index >= 15 is 0 Å². The number of rotatable bonds is 2. The van der Waals surface area contributed by atoms with Crippen LogP contribution in [0.4, 0.5) is 0 Å². The average molecular weight is 204 g/mol. The predicted octanol–water partition coefficient (Wildman–Crippen LogP) is 1.68. The Morgan fingerprint density at radius 2 is 2.67 bits per heavy atom. The smallest absolute Gasteiger partial charge is 0.224 e. The highest BCUT2D eigenvalue weighted by Crippen LogP contribution is 2.25. The van der Waals surface area contributed by atoms with Gasteiger partial charge >= 0.3 is 0 Å². The molecule has 1 saturated heterocycles. The van der Waals surface area contributed by atoms with Crippen LogP contribution in [0.15, 0.2) is 6.33 Å². The second-order valence-corrected chi connectivity index (χ2v) is 4.47. The van der Waals surface area contributed by atoms with Crippen molar-refractivity contribution in [1.82, 2.24) is 14.8 Å². The maximum Gasteiger partial charge on any atom is 0.224 e. The molecule has 0 radical (unpaired) electrons. The fraction of sp³-hybridized carbons (Fsp3) is 0.714. The van der Waals surface area contributed by atoms with E-state index in [1.54, 1.807) is 6.33 Å². The fourth-order valence-corrected chi connectivity index (χ4v) is 2.80. The van der Waals surface area contributed by atoms with Crippen LogP contribution in [0.5, 0.6) is 0 Å². The third kappa shape index (κ3) is 1.75. The second-order valence-electron chi connectivity index (χ2n) is 2.98. The summed E-state index contributed by atoms with van der Waals surface area (Å²) in [6.07, 6.45) is 2.99. The fourth-order valence-electron chi connectivity index (χ4n) is 1.37. The molecular weight excluding hydrogens is 194 g/mol. The molecule has 1 aliphatic heterocycles. The molecule has 12 heavy (non-hydrogen) atoms. The van der Waals surface area contributed by atoms with E-state index in [1.165, 1.54) is 17.9 Å². The zero-order valence-electron chi connectivity index (χ0n) is 6.61. The van der Waals surface area contributed by atoms with Crippen molar-refractivity contribution in [2.75, 3.05) is 11.5 Å². The zero-order valence-corrected chi connectivity index (χ0v) is 8.18. The lowest BCUT2D eigenvalue weighted by molar-refractivity contribution is 0.492. The minimum absolute atomic E-state index is 0.506. The van der Waals surface area contributed by atoms with Crippen LogP contribution in [0.1, 0.15) is 6.42 Å². The normalized spacial score (nSPS) is 23.2. The number of halogens is 1. The first-order valence-corrected chi connectivity index (χ1v) is 5.50. The van der Waals surface area contributed by atoms with Crippen LogP contribution in [-0.4, -0.2) is 26.3 Å². The first-order chi connectivity index (χ1) is 5.86. The highest BCUT2D eigenvalue weighted by molar-refractivity contribution is 7.99. The molecule has 0 saturated carbocycles. The molecule has 0 aliphatic carbocycles. The summed E-state index contributed by atoms with van der Waals surface area (Å²) < 4.78 is 1.91. The molecule has 0 N–H and O–H groups in total. The van der Waals surface area contributed by atoms with Gasteiger partial charge in [0.1, 0.15) is 6.33 Å². The van der Waals surface area contributed by atoms with Crippen molar-refractivity contribution in [2.24, 2.45) is 5.92 Å². The minimum Gasteiger partial charge on any atom is -0.304 e. The molecule has 0 aromatic carbocycles. The quantitative estimate of drug-likeness (QED) is 0.733. The molecule has 0 amide bonds. The molecule has 2 rings (SSSR count). The van der Waals surface area contributed by atoms with Crippen LogP contribution >= 0.6 is 23.4 Å². The zero-order chi connectivity index (χ0) is 8.39. The summed E-state index contributed by atoms with van der Waals surface area (Å²) in [6, 6.07) is 0. The van der Waals surface area contributed by atoms with Crippen molar-refractivity contribution in [3.05, 3.63) is 11.6 Å². The van der Waals surface area contributed by atoms with Gasteiger partial charge in [-0.1, -0.05) is 0 Å². The van der Waals surface area contributed by atoms with Gasteiger partial charge in [-0.05, 0) is 35.4 Å². The van der Waals surface area contributed by atoms with E-state index in [1.807, 2.05) is 16.3 Å². The summed E-state index contributed by atoms with van der Waals surface area (Å²) in [7, 11) is 0. The number of hydrogen-bond acceptors (Lipinski definition) is 3. The van der Waals surface area contributed by atoms with Gasteiger partial charge in [0, 0.05) is 6.54 Å². The lowest BCUT2D eigenvalue weighted by Gasteiger charge is -2.08. The average Bonchev–Trinajstić information content (AvgIpc) is 2.65. The molecule has 1 atom stereocenters. The largest absolute Gasteiger partial charge is 0.304 e. The first kappa shape index (κ1) is 8.38. The molecule has 0 bridgehead atoms. The summed E-state index contributed by atoms with van der Waals surface area (Å²) in [5.74, 6) is 3.28. The minimum atomic E-state index is 0.506. The Morgan fingerprint density at radius 1 is 1.75 bits per heavy atom. The van der Waals surface area contributed by atoms with Crippen molar-refractivity contribution in [1.29, 1.82) is 0 Å². The predicted molar refractivity (Wildman–Crippen MR) is 50.5 cm³/mol. The summed E-state index contributed by atoms with van der Waals surface area (Å²) in [4.78, 5) is 0. The summed E-state index contributed by atoms with van der Waals surface area (Å²) in [6.45, 7) is 0.971. The number of hydrogen-bond donors (Lipinski definition) is 0. The van der Waals surface area contributed by atoms with E-state index < -0.39 is 0 Å². The van der Waals surface area contributed by atoms with E-state index in [-0.39, 0.29) is 0 Å². The lowest BCUT2D eigenvalue weighted by atomic mass is 10.1. The number of nitrogens with zero attached hydrogens (tertiary/aromatic N) is 3. The first-order valence-electron chi connectivity index (χ1n) is 3.97. The molecule has 0 spiro atoms. The van der Waals surface area contributed by atoms with Gasteiger partial charge in [-0.25, -0.2) is 0 Å². The standard InChI is InChI=1S/C7H10ClN3S/c8-7-10-9-5-11(7)3-6-1-2-12-4-6/h5-6H,1-4H2. The summed E-state index contributed by atoms with van der Waals surface area (Å²) in [5, 5.41) is 7.97. The van der Waals surface area contributed by atoms with Crippen LogP contribution < -0.4 is 0 Å². The van der Waals surface area contributed by atoms with Gasteiger partial charge in [0.25, 0.3) is 0 Å². The number of thioether (sulfide) groups is 1. The Balaban J connectivity index is 1.98. The molecule has 1 aliphatic rings. The van der Waals surface area contributed by atoms with Crippen molar-refractivity contribution in [2.45, 2.75) is 13.0 Å². The maximum atomic E-state index is 5.80. The maximum absolute atomic E-state index is 5.80. The Morgan fingerprint density at radius 3 is 3.25 bits per heavy atom. The van der Waals surface area contributed by atoms with Crippen molar-refractivity contribution in [3.8, 4) is 0 Å². The van der Waals surface area contributed by atoms with Gasteiger partial charge in [-0.2, -0.15) is 11.8 Å². The SMILES string of the molecule is Clc1nncn1CC1CCSC1. The van der Waals surface area contributed by atoms with Crippen molar-refractivity contribution < 1.29 is 0 Å². The summed E-state index contributed by atoms with van der Waals surface area (Å²) in [5.41, 5.74) is 0. The van der Waals surface area contributed by atoms with Crippen LogP contribution in [0.3, 0.4) is 0 Å². The number of aromatic nitrogens is 3.